The zero-order valence-corrected chi connectivity index (χ0v) is 23.3. The molecule has 4 nitrogen and oxygen atoms in total. The highest BCUT2D eigenvalue weighted by atomic mass is 16.3. The second kappa shape index (κ2) is 9.43. The molecule has 1 aromatic heterocycles. The van der Waals surface area contributed by atoms with Crippen LogP contribution in [0.25, 0.3) is 76.9 Å². The van der Waals surface area contributed by atoms with Gasteiger partial charge in [0.05, 0.1) is 5.56 Å². The monoisotopic (exact) mass is 556 g/mol. The summed E-state index contributed by atoms with van der Waals surface area (Å²) in [6.07, 6.45) is 0. The molecule has 43 heavy (non-hydrogen) atoms. The zero-order chi connectivity index (χ0) is 29.2. The fourth-order valence-electron chi connectivity index (χ4n) is 6.66. The molecule has 0 radical (unpaired) electrons. The average Bonchev–Trinajstić information content (AvgIpc) is 3.43. The first-order chi connectivity index (χ1) is 21.0. The molecular formula is C38H25BO4. The van der Waals surface area contributed by atoms with Crippen LogP contribution in [0.4, 0.5) is 0 Å². The number of aromatic hydroxyl groups is 3. The van der Waals surface area contributed by atoms with E-state index in [4.69, 9.17) is 4.42 Å². The predicted molar refractivity (Wildman–Crippen MR) is 178 cm³/mol. The van der Waals surface area contributed by atoms with Crippen molar-refractivity contribution in [2.45, 2.75) is 0 Å². The molecule has 0 aliphatic carbocycles. The van der Waals surface area contributed by atoms with Gasteiger partial charge in [-0.3, -0.25) is 0 Å². The molecule has 0 unspecified atom stereocenters. The Morgan fingerprint density at radius 3 is 1.60 bits per heavy atom. The van der Waals surface area contributed by atoms with Gasteiger partial charge in [0.1, 0.15) is 24.8 Å². The maximum Gasteiger partial charge on any atom is 0.168 e. The van der Waals surface area contributed by atoms with E-state index in [-0.39, 0.29) is 22.8 Å². The van der Waals surface area contributed by atoms with Crippen molar-refractivity contribution < 1.29 is 19.7 Å². The number of phenols is 3. The van der Waals surface area contributed by atoms with Crippen LogP contribution in [0, 0.1) is 0 Å². The molecule has 0 spiro atoms. The van der Waals surface area contributed by atoms with Crippen molar-refractivity contribution in [3.05, 3.63) is 121 Å². The van der Waals surface area contributed by atoms with Crippen molar-refractivity contribution in [1.82, 2.24) is 0 Å². The van der Waals surface area contributed by atoms with E-state index in [1.807, 2.05) is 84.9 Å². The molecule has 0 aliphatic heterocycles. The van der Waals surface area contributed by atoms with E-state index >= 15 is 0 Å². The standard InChI is InChI=1S/C38H25BO4/c39-34-30(21-11-2-1-3-12-21)35(40)33(36(41)37(34)42)32-25-16-6-4-14-23(25)31(24-15-5-7-17-26(24)32)28-19-10-18-27-22-13-8-9-20-29(22)43-38(27)28/h1-20,40-42H,39H2. The molecule has 7 aromatic carbocycles. The summed E-state index contributed by atoms with van der Waals surface area (Å²) in [6, 6.07) is 39.7. The third-order valence-electron chi connectivity index (χ3n) is 8.58. The molecule has 1 heterocycles. The Hall–Kier alpha value is -5.68. The first-order valence-corrected chi connectivity index (χ1v) is 14.2. The van der Waals surface area contributed by atoms with Gasteiger partial charge in [-0.25, -0.2) is 0 Å². The number of benzene rings is 7. The Balaban J connectivity index is 1.54. The van der Waals surface area contributed by atoms with Gasteiger partial charge in [-0.1, -0.05) is 115 Å². The molecule has 0 aliphatic rings. The third-order valence-corrected chi connectivity index (χ3v) is 8.58. The normalized spacial score (nSPS) is 11.6. The SMILES string of the molecule is Bc1c(O)c(O)c(-c2c3ccccc3c(-c3cccc4c3oc3ccccc34)c3ccccc23)c(O)c1-c1ccccc1. The number of para-hydroxylation sites is 2. The maximum atomic E-state index is 11.9. The van der Waals surface area contributed by atoms with Crippen LogP contribution in [0.15, 0.2) is 126 Å². The second-order valence-corrected chi connectivity index (χ2v) is 10.9. The number of furan rings is 1. The van der Waals surface area contributed by atoms with Crippen LogP contribution in [0.1, 0.15) is 0 Å². The number of fused-ring (bicyclic) bond motifs is 5. The molecule has 8 aromatic rings. The summed E-state index contributed by atoms with van der Waals surface area (Å²) in [6.45, 7) is 0. The van der Waals surface area contributed by atoms with Crippen LogP contribution in [-0.2, 0) is 0 Å². The zero-order valence-electron chi connectivity index (χ0n) is 23.3. The van der Waals surface area contributed by atoms with Gasteiger partial charge in [-0.05, 0) is 38.6 Å². The van der Waals surface area contributed by atoms with Crippen LogP contribution in [0.5, 0.6) is 17.2 Å². The van der Waals surface area contributed by atoms with E-state index < -0.39 is 0 Å². The number of rotatable bonds is 3. The van der Waals surface area contributed by atoms with E-state index in [9.17, 15) is 15.3 Å². The van der Waals surface area contributed by atoms with E-state index in [1.54, 1.807) is 7.85 Å². The van der Waals surface area contributed by atoms with Crippen LogP contribution in [-0.4, -0.2) is 23.2 Å². The number of hydrogen-bond donors (Lipinski definition) is 3. The maximum absolute atomic E-state index is 11.9. The Morgan fingerprint density at radius 2 is 0.953 bits per heavy atom. The van der Waals surface area contributed by atoms with Crippen molar-refractivity contribution in [1.29, 1.82) is 0 Å². The summed E-state index contributed by atoms with van der Waals surface area (Å²) in [5, 5.41) is 40.2. The molecule has 8 rings (SSSR count). The van der Waals surface area contributed by atoms with Crippen molar-refractivity contribution in [3.8, 4) is 50.6 Å². The first-order valence-electron chi connectivity index (χ1n) is 14.2. The Labute approximate surface area is 248 Å². The smallest absolute Gasteiger partial charge is 0.168 e. The highest BCUT2D eigenvalue weighted by molar-refractivity contribution is 6.39. The lowest BCUT2D eigenvalue weighted by Crippen LogP contribution is -2.09. The largest absolute Gasteiger partial charge is 0.507 e. The van der Waals surface area contributed by atoms with E-state index in [0.717, 1.165) is 60.2 Å². The number of hydrogen-bond acceptors (Lipinski definition) is 4. The van der Waals surface area contributed by atoms with Gasteiger partial charge in [0, 0.05) is 33.0 Å². The van der Waals surface area contributed by atoms with Crippen molar-refractivity contribution in [3.63, 3.8) is 0 Å². The highest BCUT2D eigenvalue weighted by Gasteiger charge is 2.27. The minimum Gasteiger partial charge on any atom is -0.507 e. The molecule has 204 valence electrons. The van der Waals surface area contributed by atoms with Crippen LogP contribution < -0.4 is 5.46 Å². The number of phenolic OH excluding ortho intramolecular Hbond substituents is 3. The van der Waals surface area contributed by atoms with Crippen LogP contribution >= 0.6 is 0 Å². The summed E-state index contributed by atoms with van der Waals surface area (Å²) in [4.78, 5) is 0. The summed E-state index contributed by atoms with van der Waals surface area (Å²) in [7, 11) is 1.70. The van der Waals surface area contributed by atoms with Crippen molar-refractivity contribution >= 4 is 56.8 Å². The van der Waals surface area contributed by atoms with E-state index in [2.05, 4.69) is 36.4 Å². The molecule has 5 heteroatoms. The Kier molecular flexibility index (Phi) is 5.50. The lowest BCUT2D eigenvalue weighted by Gasteiger charge is -2.22. The quantitative estimate of drug-likeness (QED) is 0.0887. The van der Waals surface area contributed by atoms with Gasteiger partial charge in [0.2, 0.25) is 0 Å². The summed E-state index contributed by atoms with van der Waals surface area (Å²) in [5.41, 5.74) is 6.07. The Morgan fingerprint density at radius 1 is 0.419 bits per heavy atom. The fourth-order valence-corrected chi connectivity index (χ4v) is 6.66. The van der Waals surface area contributed by atoms with Gasteiger partial charge in [-0.15, -0.1) is 0 Å². The molecule has 0 bridgehead atoms. The molecule has 0 saturated heterocycles. The van der Waals surface area contributed by atoms with Crippen molar-refractivity contribution in [2.75, 3.05) is 0 Å². The second-order valence-electron chi connectivity index (χ2n) is 10.9. The Bertz CT molecular complexity index is 2330. The lowest BCUT2D eigenvalue weighted by molar-refractivity contribution is 0.402. The molecule has 0 amide bonds. The topological polar surface area (TPSA) is 73.8 Å². The summed E-state index contributed by atoms with van der Waals surface area (Å²) < 4.78 is 6.47. The summed E-state index contributed by atoms with van der Waals surface area (Å²) in [5.74, 6) is -0.686. The van der Waals surface area contributed by atoms with E-state index in [0.29, 0.717) is 16.6 Å². The molecule has 0 atom stereocenters. The van der Waals surface area contributed by atoms with Crippen LogP contribution in [0.3, 0.4) is 0 Å². The molecule has 0 saturated carbocycles. The third kappa shape index (κ3) is 3.58. The van der Waals surface area contributed by atoms with Crippen LogP contribution in [0.2, 0.25) is 0 Å². The molecule has 3 N–H and O–H groups in total. The van der Waals surface area contributed by atoms with Gasteiger partial charge < -0.3 is 19.7 Å². The highest BCUT2D eigenvalue weighted by Crippen LogP contribution is 2.53. The van der Waals surface area contributed by atoms with E-state index in [1.165, 1.54) is 0 Å². The average molecular weight is 556 g/mol. The first kappa shape index (κ1) is 25.1. The molecular weight excluding hydrogens is 531 g/mol. The molecule has 0 fully saturated rings. The van der Waals surface area contributed by atoms with Gasteiger partial charge >= 0.3 is 0 Å². The van der Waals surface area contributed by atoms with Gasteiger partial charge in [0.15, 0.2) is 11.5 Å². The lowest BCUT2D eigenvalue weighted by atomic mass is 9.80. The summed E-state index contributed by atoms with van der Waals surface area (Å²) >= 11 is 0. The van der Waals surface area contributed by atoms with Crippen molar-refractivity contribution in [2.24, 2.45) is 0 Å². The predicted octanol–water partition coefficient (Wildman–Crippen LogP) is 8.27. The van der Waals surface area contributed by atoms with Gasteiger partial charge in [-0.2, -0.15) is 0 Å². The minimum absolute atomic E-state index is 0.0820. The minimum atomic E-state index is -0.350. The fraction of sp³-hybridized carbons (Fsp3) is 0. The van der Waals surface area contributed by atoms with Gasteiger partial charge in [0.25, 0.3) is 0 Å².